The van der Waals surface area contributed by atoms with E-state index in [2.05, 4.69) is 11.9 Å². The van der Waals surface area contributed by atoms with Gasteiger partial charge in [0.05, 0.1) is 12.8 Å². The van der Waals surface area contributed by atoms with E-state index in [-0.39, 0.29) is 5.91 Å². The number of ether oxygens (including phenoxy) is 1. The van der Waals surface area contributed by atoms with Crippen molar-refractivity contribution in [2.75, 3.05) is 26.0 Å². The molecule has 1 aromatic carbocycles. The summed E-state index contributed by atoms with van der Waals surface area (Å²) in [6, 6.07) is 5.02. The van der Waals surface area contributed by atoms with Crippen LogP contribution >= 0.6 is 0 Å². The zero-order valence-corrected chi connectivity index (χ0v) is 12.5. The number of likely N-dealkylation sites (N-methyl/N-ethyl adjacent to an activating group) is 1. The normalized spacial score (nSPS) is 8.80. The van der Waals surface area contributed by atoms with Crippen molar-refractivity contribution in [1.82, 2.24) is 4.90 Å². The molecule has 5 heteroatoms. The third kappa shape index (κ3) is 4.42. The van der Waals surface area contributed by atoms with Gasteiger partial charge in [0, 0.05) is 13.6 Å². The number of amides is 2. The van der Waals surface area contributed by atoms with Crippen molar-refractivity contribution < 1.29 is 14.3 Å². The number of benzene rings is 1. The molecule has 0 atom stereocenters. The van der Waals surface area contributed by atoms with Crippen molar-refractivity contribution in [3.8, 4) is 5.75 Å². The van der Waals surface area contributed by atoms with Gasteiger partial charge in [0.25, 0.3) is 5.91 Å². The van der Waals surface area contributed by atoms with E-state index in [1.54, 1.807) is 31.3 Å². The van der Waals surface area contributed by atoms with E-state index in [1.165, 1.54) is 12.0 Å². The molecule has 0 spiro atoms. The number of carbonyl (C=O) groups is 2. The number of nitrogens with one attached hydrogen (secondary N) is 1. The predicted molar refractivity (Wildman–Crippen MR) is 81.2 cm³/mol. The molecule has 0 aliphatic heterocycles. The van der Waals surface area contributed by atoms with Gasteiger partial charge in [0.2, 0.25) is 6.41 Å². The van der Waals surface area contributed by atoms with Crippen LogP contribution in [0.4, 0.5) is 5.69 Å². The molecular formula is C15H22N2O3. The molecule has 0 unspecified atom stereocenters. The summed E-state index contributed by atoms with van der Waals surface area (Å²) in [5, 5.41) is 2.49. The highest BCUT2D eigenvalue weighted by Gasteiger charge is 2.19. The topological polar surface area (TPSA) is 58.6 Å². The Balaban J connectivity index is 0.00000172. The molecule has 0 aliphatic rings. The predicted octanol–water partition coefficient (Wildman–Crippen LogP) is 2.55. The van der Waals surface area contributed by atoms with Crippen LogP contribution in [0.25, 0.3) is 0 Å². The van der Waals surface area contributed by atoms with E-state index in [0.717, 1.165) is 0 Å². The lowest BCUT2D eigenvalue weighted by atomic mass is 10.1. The minimum atomic E-state index is -0.239. The molecule has 0 heterocycles. The smallest absolute Gasteiger partial charge is 0.259 e. The van der Waals surface area contributed by atoms with Gasteiger partial charge in [-0.25, -0.2) is 0 Å². The van der Waals surface area contributed by atoms with Crippen molar-refractivity contribution in [3.05, 3.63) is 36.4 Å². The van der Waals surface area contributed by atoms with Crippen LogP contribution in [0.5, 0.6) is 5.75 Å². The highest BCUT2D eigenvalue weighted by atomic mass is 16.5. The first-order valence-corrected chi connectivity index (χ1v) is 6.39. The Morgan fingerprint density at radius 2 is 2.10 bits per heavy atom. The first-order chi connectivity index (χ1) is 9.65. The van der Waals surface area contributed by atoms with Gasteiger partial charge in [-0.1, -0.05) is 26.0 Å². The fourth-order valence-electron chi connectivity index (χ4n) is 1.57. The maximum Gasteiger partial charge on any atom is 0.259 e. The van der Waals surface area contributed by atoms with Crippen molar-refractivity contribution in [1.29, 1.82) is 0 Å². The van der Waals surface area contributed by atoms with Crippen LogP contribution in [0.15, 0.2) is 30.9 Å². The van der Waals surface area contributed by atoms with Crippen LogP contribution in [-0.2, 0) is 4.79 Å². The molecular weight excluding hydrogens is 256 g/mol. The first kappa shape index (κ1) is 17.7. The maximum absolute atomic E-state index is 12.3. The lowest BCUT2D eigenvalue weighted by Gasteiger charge is -2.19. The van der Waals surface area contributed by atoms with Gasteiger partial charge in [-0.2, -0.15) is 0 Å². The molecule has 5 nitrogen and oxygen atoms in total. The average molecular weight is 278 g/mol. The van der Waals surface area contributed by atoms with Crippen LogP contribution in [0.3, 0.4) is 0 Å². The Bertz CT molecular complexity index is 458. The minimum Gasteiger partial charge on any atom is -0.496 e. The Labute approximate surface area is 120 Å². The largest absolute Gasteiger partial charge is 0.496 e. The second-order valence-corrected chi connectivity index (χ2v) is 3.62. The maximum atomic E-state index is 12.3. The highest BCUT2D eigenvalue weighted by Crippen LogP contribution is 2.27. The van der Waals surface area contributed by atoms with E-state index in [0.29, 0.717) is 30.0 Å². The molecule has 1 rings (SSSR count). The third-order valence-electron chi connectivity index (χ3n) is 2.42. The summed E-state index contributed by atoms with van der Waals surface area (Å²) in [5.74, 6) is 0.180. The van der Waals surface area contributed by atoms with Crippen LogP contribution in [-0.4, -0.2) is 37.9 Å². The van der Waals surface area contributed by atoms with Crippen molar-refractivity contribution in [3.63, 3.8) is 0 Å². The van der Waals surface area contributed by atoms with Crippen LogP contribution in [0, 0.1) is 0 Å². The summed E-state index contributed by atoms with van der Waals surface area (Å²) < 4.78 is 5.15. The molecule has 0 saturated carbocycles. The summed E-state index contributed by atoms with van der Waals surface area (Å²) in [4.78, 5) is 24.3. The van der Waals surface area contributed by atoms with E-state index < -0.39 is 0 Å². The standard InChI is InChI=1S/C13H16N2O3.C2H6/c1-4-8-15(2)13(17)12-10(14-9-16)6-5-7-11(12)18-3;1-2/h4-7,9H,1,8H2,2-3H3,(H,14,16);1-2H3. The first-order valence-electron chi connectivity index (χ1n) is 6.39. The monoisotopic (exact) mass is 278 g/mol. The molecule has 0 saturated heterocycles. The van der Waals surface area contributed by atoms with Crippen molar-refractivity contribution >= 4 is 18.0 Å². The van der Waals surface area contributed by atoms with Gasteiger partial charge in [0.1, 0.15) is 11.3 Å². The van der Waals surface area contributed by atoms with Gasteiger partial charge in [-0.05, 0) is 12.1 Å². The number of rotatable bonds is 6. The minimum absolute atomic E-state index is 0.239. The highest BCUT2D eigenvalue weighted by molar-refractivity contribution is 6.03. The Hall–Kier alpha value is -2.30. The molecule has 0 bridgehead atoms. The van der Waals surface area contributed by atoms with Gasteiger partial charge in [-0.3, -0.25) is 9.59 Å². The molecule has 0 radical (unpaired) electrons. The quantitative estimate of drug-likeness (QED) is 0.642. The number of carbonyl (C=O) groups excluding carboxylic acids is 2. The second kappa shape index (κ2) is 9.61. The number of nitrogens with zero attached hydrogens (tertiary/aromatic N) is 1. The molecule has 0 fully saturated rings. The molecule has 0 aromatic heterocycles. The Morgan fingerprint density at radius 1 is 1.45 bits per heavy atom. The molecule has 2 amide bonds. The molecule has 20 heavy (non-hydrogen) atoms. The van der Waals surface area contributed by atoms with Gasteiger partial charge < -0.3 is 15.0 Å². The van der Waals surface area contributed by atoms with E-state index in [1.807, 2.05) is 13.8 Å². The lowest BCUT2D eigenvalue weighted by Crippen LogP contribution is -2.28. The zero-order chi connectivity index (χ0) is 15.5. The van der Waals surface area contributed by atoms with Crippen LogP contribution in [0.2, 0.25) is 0 Å². The summed E-state index contributed by atoms with van der Waals surface area (Å²) in [6.45, 7) is 8.00. The average Bonchev–Trinajstić information content (AvgIpc) is 2.49. The van der Waals surface area contributed by atoms with E-state index >= 15 is 0 Å². The summed E-state index contributed by atoms with van der Waals surface area (Å²) in [5.41, 5.74) is 0.752. The Morgan fingerprint density at radius 3 is 2.60 bits per heavy atom. The van der Waals surface area contributed by atoms with Gasteiger partial charge in [-0.15, -0.1) is 6.58 Å². The van der Waals surface area contributed by atoms with E-state index in [4.69, 9.17) is 4.74 Å². The van der Waals surface area contributed by atoms with Crippen LogP contribution < -0.4 is 10.1 Å². The summed E-state index contributed by atoms with van der Waals surface area (Å²) >= 11 is 0. The van der Waals surface area contributed by atoms with Crippen LogP contribution in [0.1, 0.15) is 24.2 Å². The van der Waals surface area contributed by atoms with E-state index in [9.17, 15) is 9.59 Å². The summed E-state index contributed by atoms with van der Waals surface area (Å²) in [6.07, 6.45) is 2.15. The molecule has 110 valence electrons. The van der Waals surface area contributed by atoms with Gasteiger partial charge in [0.15, 0.2) is 0 Å². The third-order valence-corrected chi connectivity index (χ3v) is 2.42. The van der Waals surface area contributed by atoms with Crippen molar-refractivity contribution in [2.45, 2.75) is 13.8 Å². The Kier molecular flexibility index (Phi) is 8.50. The number of hydrogen-bond acceptors (Lipinski definition) is 3. The second-order valence-electron chi connectivity index (χ2n) is 3.62. The molecule has 1 aromatic rings. The lowest BCUT2D eigenvalue weighted by molar-refractivity contribution is -0.105. The number of anilines is 1. The number of methoxy groups -OCH3 is 1. The summed E-state index contributed by atoms with van der Waals surface area (Å²) in [7, 11) is 3.13. The zero-order valence-electron chi connectivity index (χ0n) is 12.5. The SMILES string of the molecule is C=CCN(C)C(=O)c1c(NC=O)cccc1OC.CC. The molecule has 1 N–H and O–H groups in total. The fourth-order valence-corrected chi connectivity index (χ4v) is 1.57. The fraction of sp³-hybridized carbons (Fsp3) is 0.333. The number of hydrogen-bond donors (Lipinski definition) is 1. The molecule has 0 aliphatic carbocycles. The van der Waals surface area contributed by atoms with Gasteiger partial charge >= 0.3 is 0 Å². The van der Waals surface area contributed by atoms with Crippen molar-refractivity contribution in [2.24, 2.45) is 0 Å².